The predicted molar refractivity (Wildman–Crippen MR) is 63.0 cm³/mol. The second-order valence-electron chi connectivity index (χ2n) is 4.66. The van der Waals surface area contributed by atoms with Gasteiger partial charge in [0.1, 0.15) is 0 Å². The Kier molecular flexibility index (Phi) is 3.61. The molecule has 1 aromatic rings. The lowest BCUT2D eigenvalue weighted by Crippen LogP contribution is -2.28. The number of aliphatic hydroxyl groups is 1. The summed E-state index contributed by atoms with van der Waals surface area (Å²) in [6, 6.07) is 0. The van der Waals surface area contributed by atoms with Crippen LogP contribution in [0.4, 0.5) is 0 Å². The Morgan fingerprint density at radius 3 is 3.00 bits per heavy atom. The zero-order valence-electron chi connectivity index (χ0n) is 10.1. The average molecular weight is 223 g/mol. The van der Waals surface area contributed by atoms with Gasteiger partial charge in [0, 0.05) is 31.9 Å². The van der Waals surface area contributed by atoms with Gasteiger partial charge in [-0.05, 0) is 25.2 Å². The van der Waals surface area contributed by atoms with Gasteiger partial charge in [-0.25, -0.2) is 0 Å². The minimum atomic E-state index is -0.165. The molecule has 0 aliphatic heterocycles. The van der Waals surface area contributed by atoms with E-state index < -0.39 is 0 Å². The van der Waals surface area contributed by atoms with Gasteiger partial charge in [0.25, 0.3) is 0 Å². The van der Waals surface area contributed by atoms with Crippen molar-refractivity contribution >= 4 is 0 Å². The maximum Gasteiger partial charge on any atom is 0.0692 e. The minimum absolute atomic E-state index is 0.165. The Bertz CT molecular complexity index is 344. The van der Waals surface area contributed by atoms with E-state index in [0.717, 1.165) is 18.7 Å². The summed E-state index contributed by atoms with van der Waals surface area (Å²) in [7, 11) is 1.95. The number of rotatable bonds is 6. The van der Waals surface area contributed by atoms with Gasteiger partial charge in [0.15, 0.2) is 0 Å². The van der Waals surface area contributed by atoms with Crippen LogP contribution in [0.25, 0.3) is 0 Å². The fourth-order valence-electron chi connectivity index (χ4n) is 2.03. The van der Waals surface area contributed by atoms with E-state index in [1.165, 1.54) is 18.4 Å². The predicted octanol–water partition coefficient (Wildman–Crippen LogP) is 0.843. The van der Waals surface area contributed by atoms with Crippen LogP contribution in [0.15, 0.2) is 6.20 Å². The largest absolute Gasteiger partial charge is 0.392 e. The van der Waals surface area contributed by atoms with Crippen molar-refractivity contribution in [2.75, 3.05) is 6.54 Å². The summed E-state index contributed by atoms with van der Waals surface area (Å²) >= 11 is 0. The van der Waals surface area contributed by atoms with Crippen LogP contribution in [-0.4, -0.2) is 27.5 Å². The van der Waals surface area contributed by atoms with Crippen LogP contribution in [0.3, 0.4) is 0 Å². The zero-order valence-corrected chi connectivity index (χ0v) is 10.1. The highest BCUT2D eigenvalue weighted by molar-refractivity contribution is 5.16. The Morgan fingerprint density at radius 1 is 1.62 bits per heavy atom. The quantitative estimate of drug-likeness (QED) is 0.751. The van der Waals surface area contributed by atoms with Gasteiger partial charge in [-0.15, -0.1) is 0 Å². The number of nitrogens with zero attached hydrogens (tertiary/aromatic N) is 2. The number of nitrogens with one attached hydrogen (secondary N) is 1. The first-order valence-corrected chi connectivity index (χ1v) is 6.11. The van der Waals surface area contributed by atoms with E-state index in [4.69, 9.17) is 0 Å². The van der Waals surface area contributed by atoms with Gasteiger partial charge in [0.05, 0.1) is 11.8 Å². The molecule has 1 aromatic heterocycles. The molecule has 1 saturated carbocycles. The maximum atomic E-state index is 9.72. The second kappa shape index (κ2) is 4.97. The zero-order chi connectivity index (χ0) is 11.5. The molecule has 0 aromatic carbocycles. The molecule has 0 spiro atoms. The molecular formula is C12H21N3O. The normalized spacial score (nSPS) is 17.7. The molecule has 2 rings (SSSR count). The molecule has 0 radical (unpaired) electrons. The van der Waals surface area contributed by atoms with E-state index in [1.807, 2.05) is 11.7 Å². The molecule has 4 heteroatoms. The van der Waals surface area contributed by atoms with E-state index in [2.05, 4.69) is 23.5 Å². The molecule has 4 nitrogen and oxygen atoms in total. The maximum absolute atomic E-state index is 9.72. The topological polar surface area (TPSA) is 50.1 Å². The van der Waals surface area contributed by atoms with E-state index in [9.17, 15) is 5.11 Å². The van der Waals surface area contributed by atoms with E-state index in [1.54, 1.807) is 0 Å². The van der Waals surface area contributed by atoms with Crippen molar-refractivity contribution in [2.45, 2.75) is 38.8 Å². The molecule has 1 unspecified atom stereocenters. The summed E-state index contributed by atoms with van der Waals surface area (Å²) in [4.78, 5) is 0. The first-order chi connectivity index (χ1) is 7.70. The molecule has 2 N–H and O–H groups in total. The van der Waals surface area contributed by atoms with Crippen molar-refractivity contribution in [2.24, 2.45) is 13.0 Å². The lowest BCUT2D eigenvalue weighted by atomic mass is 10.2. The molecule has 0 bridgehead atoms. The third kappa shape index (κ3) is 2.83. The summed E-state index contributed by atoms with van der Waals surface area (Å²) in [6.45, 7) is 3.62. The smallest absolute Gasteiger partial charge is 0.0692 e. The molecule has 0 amide bonds. The number of aromatic nitrogens is 2. The van der Waals surface area contributed by atoms with Gasteiger partial charge in [-0.2, -0.15) is 5.10 Å². The fraction of sp³-hybridized carbons (Fsp3) is 0.750. The number of hydrogen-bond acceptors (Lipinski definition) is 3. The lowest BCUT2D eigenvalue weighted by Gasteiger charge is -2.10. The molecule has 90 valence electrons. The van der Waals surface area contributed by atoms with Crippen LogP contribution in [0, 0.1) is 5.92 Å². The third-order valence-corrected chi connectivity index (χ3v) is 3.16. The van der Waals surface area contributed by atoms with Gasteiger partial charge in [-0.3, -0.25) is 4.68 Å². The number of hydrogen-bond donors (Lipinski definition) is 2. The van der Waals surface area contributed by atoms with Crippen molar-refractivity contribution in [1.29, 1.82) is 0 Å². The number of aliphatic hydroxyl groups excluding tert-OH is 1. The van der Waals surface area contributed by atoms with E-state index in [0.29, 0.717) is 12.5 Å². The molecule has 0 saturated heterocycles. The van der Waals surface area contributed by atoms with Crippen molar-refractivity contribution < 1.29 is 5.11 Å². The Hall–Kier alpha value is -0.870. The highest BCUT2D eigenvalue weighted by atomic mass is 16.3. The Labute approximate surface area is 96.7 Å². The molecule has 1 atom stereocenters. The third-order valence-electron chi connectivity index (χ3n) is 3.16. The molecular weight excluding hydrogens is 202 g/mol. The summed E-state index contributed by atoms with van der Waals surface area (Å²) in [5.41, 5.74) is 2.39. The first-order valence-electron chi connectivity index (χ1n) is 6.11. The van der Waals surface area contributed by atoms with Crippen molar-refractivity contribution in [3.8, 4) is 0 Å². The monoisotopic (exact) mass is 223 g/mol. The minimum Gasteiger partial charge on any atom is -0.392 e. The van der Waals surface area contributed by atoms with Crippen LogP contribution in [0.5, 0.6) is 0 Å². The Morgan fingerprint density at radius 2 is 2.38 bits per heavy atom. The first kappa shape index (κ1) is 11.6. The van der Waals surface area contributed by atoms with E-state index in [-0.39, 0.29) is 6.10 Å². The standard InChI is InChI=1S/C12H21N3O/c1-3-11-10(8-15(2)14-11)6-13-7-12(16)9-4-5-9/h8-9,12-13,16H,3-7H2,1-2H3. The van der Waals surface area contributed by atoms with Gasteiger partial charge in [0.2, 0.25) is 0 Å². The summed E-state index contributed by atoms with van der Waals surface area (Å²) in [5.74, 6) is 0.548. The summed E-state index contributed by atoms with van der Waals surface area (Å²) in [6.07, 6.45) is 5.23. The molecule has 1 fully saturated rings. The Balaban J connectivity index is 1.79. The van der Waals surface area contributed by atoms with Crippen LogP contribution < -0.4 is 5.32 Å². The van der Waals surface area contributed by atoms with Crippen LogP contribution in [0.2, 0.25) is 0 Å². The molecule has 16 heavy (non-hydrogen) atoms. The average Bonchev–Trinajstić information content (AvgIpc) is 3.03. The van der Waals surface area contributed by atoms with Crippen LogP contribution in [-0.2, 0) is 20.0 Å². The SMILES string of the molecule is CCc1nn(C)cc1CNCC(O)C1CC1. The molecule has 1 aliphatic carbocycles. The summed E-state index contributed by atoms with van der Waals surface area (Å²) < 4.78 is 1.85. The lowest BCUT2D eigenvalue weighted by molar-refractivity contribution is 0.148. The van der Waals surface area contributed by atoms with Gasteiger partial charge >= 0.3 is 0 Å². The van der Waals surface area contributed by atoms with Crippen molar-refractivity contribution in [3.63, 3.8) is 0 Å². The number of aryl methyl sites for hydroxylation is 2. The molecule has 1 heterocycles. The van der Waals surface area contributed by atoms with Crippen molar-refractivity contribution in [3.05, 3.63) is 17.5 Å². The van der Waals surface area contributed by atoms with E-state index >= 15 is 0 Å². The van der Waals surface area contributed by atoms with Gasteiger partial charge < -0.3 is 10.4 Å². The van der Waals surface area contributed by atoms with Crippen molar-refractivity contribution in [1.82, 2.24) is 15.1 Å². The summed E-state index contributed by atoms with van der Waals surface area (Å²) in [5, 5.41) is 17.4. The van der Waals surface area contributed by atoms with Crippen LogP contribution in [0.1, 0.15) is 31.0 Å². The van der Waals surface area contributed by atoms with Crippen LogP contribution >= 0.6 is 0 Å². The fourth-order valence-corrected chi connectivity index (χ4v) is 2.03. The second-order valence-corrected chi connectivity index (χ2v) is 4.66. The highest BCUT2D eigenvalue weighted by Gasteiger charge is 2.29. The molecule has 1 aliphatic rings. The highest BCUT2D eigenvalue weighted by Crippen LogP contribution is 2.32. The van der Waals surface area contributed by atoms with Gasteiger partial charge in [-0.1, -0.05) is 6.92 Å².